The predicted octanol–water partition coefficient (Wildman–Crippen LogP) is 0.846. The number of nitrogens with one attached hydrogen (secondary N) is 1. The molecule has 1 aliphatic rings. The van der Waals surface area contributed by atoms with Crippen molar-refractivity contribution in [2.75, 3.05) is 0 Å². The van der Waals surface area contributed by atoms with E-state index in [1.807, 2.05) is 0 Å². The summed E-state index contributed by atoms with van der Waals surface area (Å²) in [5.74, 6) is -0.0881. The lowest BCUT2D eigenvalue weighted by Gasteiger charge is -2.29. The van der Waals surface area contributed by atoms with E-state index in [9.17, 15) is 4.79 Å². The highest BCUT2D eigenvalue weighted by Gasteiger charge is 2.25. The molecule has 2 atom stereocenters. The molecule has 0 saturated heterocycles. The molecule has 1 fully saturated rings. The van der Waals surface area contributed by atoms with Crippen LogP contribution in [0.4, 0.5) is 0 Å². The van der Waals surface area contributed by atoms with Gasteiger partial charge in [-0.1, -0.05) is 17.3 Å². The first-order valence-electron chi connectivity index (χ1n) is 5.54. The van der Waals surface area contributed by atoms with Gasteiger partial charge in [-0.3, -0.25) is 4.79 Å². The molecule has 1 aromatic rings. The fourth-order valence-corrected chi connectivity index (χ4v) is 2.57. The predicted molar refractivity (Wildman–Crippen MR) is 62.3 cm³/mol. The van der Waals surface area contributed by atoms with Gasteiger partial charge in [-0.05, 0) is 31.3 Å². The molecule has 3 N–H and O–H groups in total. The van der Waals surface area contributed by atoms with Gasteiger partial charge in [0.25, 0.3) is 5.91 Å². The molecule has 88 valence electrons. The summed E-state index contributed by atoms with van der Waals surface area (Å²) in [7, 11) is 0. The summed E-state index contributed by atoms with van der Waals surface area (Å²) >= 11 is 1.13. The zero-order valence-corrected chi connectivity index (χ0v) is 10.1. The van der Waals surface area contributed by atoms with Gasteiger partial charge >= 0.3 is 0 Å². The largest absolute Gasteiger partial charge is 0.347 e. The van der Waals surface area contributed by atoms with Crippen LogP contribution in [0, 0.1) is 6.92 Å². The molecular weight excluding hydrogens is 224 g/mol. The zero-order chi connectivity index (χ0) is 11.5. The van der Waals surface area contributed by atoms with Gasteiger partial charge in [-0.25, -0.2) is 0 Å². The van der Waals surface area contributed by atoms with Gasteiger partial charge in [0.1, 0.15) is 4.88 Å². The number of carbonyl (C=O) groups is 1. The van der Waals surface area contributed by atoms with Crippen molar-refractivity contribution in [3.05, 3.63) is 10.6 Å². The molecule has 16 heavy (non-hydrogen) atoms. The highest BCUT2D eigenvalue weighted by atomic mass is 32.1. The normalized spacial score (nSPS) is 25.4. The van der Waals surface area contributed by atoms with Crippen molar-refractivity contribution in [3.8, 4) is 0 Å². The average molecular weight is 240 g/mol. The SMILES string of the molecule is Cc1nnsc1C(=O)N[C@@H]1CCCC[C@H]1N. The highest BCUT2D eigenvalue weighted by molar-refractivity contribution is 7.08. The first kappa shape index (κ1) is 11.5. The standard InChI is InChI=1S/C10H16N4OS/c1-6-9(16-14-13-6)10(15)12-8-5-3-2-4-7(8)11/h7-8H,2-5,11H2,1H3,(H,12,15)/t7-,8-/m1/s1. The van der Waals surface area contributed by atoms with E-state index in [0.717, 1.165) is 37.2 Å². The lowest BCUT2D eigenvalue weighted by Crippen LogP contribution is -2.49. The van der Waals surface area contributed by atoms with Crippen molar-refractivity contribution in [1.29, 1.82) is 0 Å². The molecule has 0 radical (unpaired) electrons. The molecule has 1 heterocycles. The number of nitrogens with zero attached hydrogens (tertiary/aromatic N) is 2. The Balaban J connectivity index is 1.99. The minimum absolute atomic E-state index is 0.0823. The quantitative estimate of drug-likeness (QED) is 0.803. The number of hydrogen-bond donors (Lipinski definition) is 2. The van der Waals surface area contributed by atoms with E-state index in [2.05, 4.69) is 14.9 Å². The maximum absolute atomic E-state index is 11.9. The van der Waals surface area contributed by atoms with E-state index in [0.29, 0.717) is 10.6 Å². The number of aryl methyl sites for hydroxylation is 1. The van der Waals surface area contributed by atoms with Gasteiger partial charge in [0.15, 0.2) is 0 Å². The van der Waals surface area contributed by atoms with Crippen LogP contribution in [0.2, 0.25) is 0 Å². The molecule has 5 nitrogen and oxygen atoms in total. The van der Waals surface area contributed by atoms with Crippen LogP contribution in [0.3, 0.4) is 0 Å². The summed E-state index contributed by atoms with van der Waals surface area (Å²) in [5, 5.41) is 6.80. The number of amides is 1. The van der Waals surface area contributed by atoms with Gasteiger partial charge in [0.05, 0.1) is 5.69 Å². The topological polar surface area (TPSA) is 80.9 Å². The Bertz CT molecular complexity index is 379. The molecular formula is C10H16N4OS. The Morgan fingerprint density at radius 3 is 2.88 bits per heavy atom. The Kier molecular flexibility index (Phi) is 3.50. The molecule has 1 amide bonds. The van der Waals surface area contributed by atoms with Crippen molar-refractivity contribution >= 4 is 17.4 Å². The van der Waals surface area contributed by atoms with Crippen molar-refractivity contribution in [1.82, 2.24) is 14.9 Å². The molecule has 1 aliphatic carbocycles. The van der Waals surface area contributed by atoms with Gasteiger partial charge < -0.3 is 11.1 Å². The smallest absolute Gasteiger partial charge is 0.265 e. The first-order valence-corrected chi connectivity index (χ1v) is 6.31. The van der Waals surface area contributed by atoms with Crippen LogP contribution in [0.5, 0.6) is 0 Å². The van der Waals surface area contributed by atoms with Crippen molar-refractivity contribution in [2.45, 2.75) is 44.7 Å². The summed E-state index contributed by atoms with van der Waals surface area (Å²) in [6.45, 7) is 1.79. The molecule has 1 saturated carbocycles. The summed E-state index contributed by atoms with van der Waals surface area (Å²) in [4.78, 5) is 12.5. The van der Waals surface area contributed by atoms with Gasteiger partial charge in [0.2, 0.25) is 0 Å². The van der Waals surface area contributed by atoms with Gasteiger partial charge in [-0.2, -0.15) is 0 Å². The fraction of sp³-hybridized carbons (Fsp3) is 0.700. The Morgan fingerprint density at radius 2 is 2.25 bits per heavy atom. The van der Waals surface area contributed by atoms with E-state index in [1.165, 1.54) is 0 Å². The van der Waals surface area contributed by atoms with E-state index in [-0.39, 0.29) is 18.0 Å². The Morgan fingerprint density at radius 1 is 1.50 bits per heavy atom. The third-order valence-electron chi connectivity index (χ3n) is 2.99. The monoisotopic (exact) mass is 240 g/mol. The van der Waals surface area contributed by atoms with Crippen LogP contribution in [0.25, 0.3) is 0 Å². The zero-order valence-electron chi connectivity index (χ0n) is 9.27. The van der Waals surface area contributed by atoms with E-state index in [4.69, 9.17) is 5.73 Å². The minimum Gasteiger partial charge on any atom is -0.347 e. The van der Waals surface area contributed by atoms with Gasteiger partial charge in [0, 0.05) is 12.1 Å². The van der Waals surface area contributed by atoms with Crippen LogP contribution < -0.4 is 11.1 Å². The molecule has 0 unspecified atom stereocenters. The number of rotatable bonds is 2. The second kappa shape index (κ2) is 4.88. The first-order chi connectivity index (χ1) is 7.68. The van der Waals surface area contributed by atoms with Crippen molar-refractivity contribution < 1.29 is 4.79 Å². The molecule has 0 bridgehead atoms. The second-order valence-corrected chi connectivity index (χ2v) is 4.97. The molecule has 0 aliphatic heterocycles. The van der Waals surface area contributed by atoms with Crippen LogP contribution >= 0.6 is 11.5 Å². The molecule has 0 spiro atoms. The minimum atomic E-state index is -0.0881. The highest BCUT2D eigenvalue weighted by Crippen LogP contribution is 2.18. The number of aromatic nitrogens is 2. The van der Waals surface area contributed by atoms with Crippen LogP contribution in [-0.4, -0.2) is 27.6 Å². The number of carbonyl (C=O) groups excluding carboxylic acids is 1. The molecule has 2 rings (SSSR count). The third-order valence-corrected chi connectivity index (χ3v) is 3.82. The van der Waals surface area contributed by atoms with Crippen LogP contribution in [0.1, 0.15) is 41.0 Å². The van der Waals surface area contributed by atoms with Crippen LogP contribution in [0.15, 0.2) is 0 Å². The van der Waals surface area contributed by atoms with E-state index in [1.54, 1.807) is 6.92 Å². The van der Waals surface area contributed by atoms with E-state index >= 15 is 0 Å². The van der Waals surface area contributed by atoms with Crippen molar-refractivity contribution in [3.63, 3.8) is 0 Å². The Hall–Kier alpha value is -1.01. The van der Waals surface area contributed by atoms with E-state index < -0.39 is 0 Å². The lowest BCUT2D eigenvalue weighted by atomic mass is 9.91. The molecule has 0 aromatic carbocycles. The van der Waals surface area contributed by atoms with Gasteiger partial charge in [-0.15, -0.1) is 5.10 Å². The molecule has 1 aromatic heterocycles. The fourth-order valence-electron chi connectivity index (χ4n) is 2.01. The molecule has 6 heteroatoms. The van der Waals surface area contributed by atoms with Crippen molar-refractivity contribution in [2.24, 2.45) is 5.73 Å². The van der Waals surface area contributed by atoms with Crippen LogP contribution in [-0.2, 0) is 0 Å². The third kappa shape index (κ3) is 2.38. The Labute approximate surface area is 98.6 Å². The summed E-state index contributed by atoms with van der Waals surface area (Å²) < 4.78 is 3.75. The average Bonchev–Trinajstić information content (AvgIpc) is 2.68. The second-order valence-electron chi connectivity index (χ2n) is 4.22. The summed E-state index contributed by atoms with van der Waals surface area (Å²) in [6.07, 6.45) is 4.26. The number of hydrogen-bond acceptors (Lipinski definition) is 5. The maximum atomic E-state index is 11.9. The number of nitrogens with two attached hydrogens (primary N) is 1. The summed E-state index contributed by atoms with van der Waals surface area (Å²) in [6, 6.07) is 0.182. The maximum Gasteiger partial charge on any atom is 0.265 e. The lowest BCUT2D eigenvalue weighted by molar-refractivity contribution is 0.0924. The summed E-state index contributed by atoms with van der Waals surface area (Å²) in [5.41, 5.74) is 6.66.